The van der Waals surface area contributed by atoms with Gasteiger partial charge in [0, 0.05) is 26.2 Å². The average molecular weight is 304 g/mol. The van der Waals surface area contributed by atoms with Gasteiger partial charge in [-0.1, -0.05) is 17.3 Å². The highest BCUT2D eigenvalue weighted by Crippen LogP contribution is 2.13. The number of carbonyl (C=O) groups excluding carboxylic acids is 1. The lowest BCUT2D eigenvalue weighted by molar-refractivity contribution is 0.0610. The Kier molecular flexibility index (Phi) is 4.15. The van der Waals surface area contributed by atoms with E-state index in [0.29, 0.717) is 44.4 Å². The van der Waals surface area contributed by atoms with E-state index in [9.17, 15) is 9.18 Å². The van der Waals surface area contributed by atoms with Crippen molar-refractivity contribution >= 4 is 5.91 Å². The van der Waals surface area contributed by atoms with Crippen LogP contribution in [-0.2, 0) is 6.54 Å². The molecule has 1 amide bonds. The van der Waals surface area contributed by atoms with E-state index in [1.807, 2.05) is 0 Å². The van der Waals surface area contributed by atoms with Gasteiger partial charge in [-0.25, -0.2) is 4.39 Å². The van der Waals surface area contributed by atoms with Crippen LogP contribution in [0.4, 0.5) is 4.39 Å². The summed E-state index contributed by atoms with van der Waals surface area (Å²) in [4.78, 5) is 20.3. The van der Waals surface area contributed by atoms with Crippen molar-refractivity contribution in [3.05, 3.63) is 47.4 Å². The third kappa shape index (κ3) is 3.14. The summed E-state index contributed by atoms with van der Waals surface area (Å²) < 4.78 is 18.8. The van der Waals surface area contributed by atoms with Crippen LogP contribution in [0.1, 0.15) is 22.1 Å². The van der Waals surface area contributed by atoms with Gasteiger partial charge in [0.1, 0.15) is 5.82 Å². The molecule has 2 aromatic rings. The molecule has 1 aromatic carbocycles. The fraction of sp³-hybridized carbons (Fsp3) is 0.400. The maximum atomic E-state index is 13.7. The molecule has 22 heavy (non-hydrogen) atoms. The van der Waals surface area contributed by atoms with Crippen molar-refractivity contribution < 1.29 is 13.7 Å². The van der Waals surface area contributed by atoms with Gasteiger partial charge in [-0.3, -0.25) is 9.69 Å². The Labute approximate surface area is 127 Å². The second-order valence-electron chi connectivity index (χ2n) is 5.28. The van der Waals surface area contributed by atoms with Crippen LogP contribution in [0.15, 0.2) is 28.8 Å². The Morgan fingerprint density at radius 3 is 2.64 bits per heavy atom. The van der Waals surface area contributed by atoms with Gasteiger partial charge < -0.3 is 9.42 Å². The normalized spacial score (nSPS) is 16.0. The first-order valence-electron chi connectivity index (χ1n) is 7.19. The minimum atomic E-state index is -0.476. The Balaban J connectivity index is 1.57. The summed E-state index contributed by atoms with van der Waals surface area (Å²) in [6.45, 7) is 4.85. The molecule has 1 aromatic heterocycles. The fourth-order valence-corrected chi connectivity index (χ4v) is 2.51. The van der Waals surface area contributed by atoms with Gasteiger partial charge in [0.25, 0.3) is 5.91 Å². The molecule has 6 nitrogen and oxygen atoms in total. The molecule has 0 atom stereocenters. The van der Waals surface area contributed by atoms with Gasteiger partial charge in [0.2, 0.25) is 5.89 Å². The van der Waals surface area contributed by atoms with Crippen molar-refractivity contribution in [2.45, 2.75) is 13.5 Å². The van der Waals surface area contributed by atoms with E-state index < -0.39 is 5.82 Å². The molecule has 7 heteroatoms. The van der Waals surface area contributed by atoms with Gasteiger partial charge in [-0.15, -0.1) is 0 Å². The molecule has 1 saturated heterocycles. The third-order valence-corrected chi connectivity index (χ3v) is 3.69. The molecule has 0 saturated carbocycles. The Bertz CT molecular complexity index is 665. The van der Waals surface area contributed by atoms with Crippen LogP contribution in [0.25, 0.3) is 0 Å². The van der Waals surface area contributed by atoms with Gasteiger partial charge in [-0.2, -0.15) is 4.98 Å². The second-order valence-corrected chi connectivity index (χ2v) is 5.28. The number of hydrogen-bond donors (Lipinski definition) is 0. The smallest absolute Gasteiger partial charge is 0.256 e. The number of nitrogens with zero attached hydrogens (tertiary/aromatic N) is 4. The quantitative estimate of drug-likeness (QED) is 0.859. The highest BCUT2D eigenvalue weighted by molar-refractivity contribution is 5.94. The Morgan fingerprint density at radius 2 is 2.00 bits per heavy atom. The molecule has 0 aliphatic carbocycles. The van der Waals surface area contributed by atoms with E-state index >= 15 is 0 Å². The molecular weight excluding hydrogens is 287 g/mol. The highest BCUT2D eigenvalue weighted by atomic mass is 19.1. The first kappa shape index (κ1) is 14.6. The maximum Gasteiger partial charge on any atom is 0.256 e. The number of carbonyl (C=O) groups is 1. The molecule has 0 bridgehead atoms. The summed E-state index contributed by atoms with van der Waals surface area (Å²) in [6, 6.07) is 6.08. The first-order chi connectivity index (χ1) is 10.6. The van der Waals surface area contributed by atoms with Gasteiger partial charge in [-0.05, 0) is 19.1 Å². The van der Waals surface area contributed by atoms with Crippen molar-refractivity contribution in [2.24, 2.45) is 0 Å². The van der Waals surface area contributed by atoms with Gasteiger partial charge in [0.05, 0.1) is 12.1 Å². The maximum absolute atomic E-state index is 13.7. The van der Waals surface area contributed by atoms with Crippen LogP contribution in [0.3, 0.4) is 0 Å². The number of benzene rings is 1. The number of amides is 1. The summed E-state index contributed by atoms with van der Waals surface area (Å²) in [5, 5.41) is 3.76. The van der Waals surface area contributed by atoms with Crippen molar-refractivity contribution in [1.82, 2.24) is 19.9 Å². The number of piperazine rings is 1. The molecule has 0 unspecified atom stereocenters. The van der Waals surface area contributed by atoms with E-state index in [2.05, 4.69) is 15.0 Å². The standard InChI is InChI=1S/C15H17FN4O2/c1-11-17-14(22-18-11)10-19-6-8-20(9-7-19)15(21)12-4-2-3-5-13(12)16/h2-5H,6-10H2,1H3. The minimum Gasteiger partial charge on any atom is -0.338 e. The molecule has 116 valence electrons. The molecule has 0 spiro atoms. The summed E-state index contributed by atoms with van der Waals surface area (Å²) in [5.74, 6) is 0.456. The zero-order chi connectivity index (χ0) is 15.5. The summed E-state index contributed by atoms with van der Waals surface area (Å²) in [6.07, 6.45) is 0. The lowest BCUT2D eigenvalue weighted by Crippen LogP contribution is -2.48. The molecule has 2 heterocycles. The van der Waals surface area contributed by atoms with E-state index in [1.165, 1.54) is 12.1 Å². The number of halogens is 1. The molecule has 3 rings (SSSR count). The lowest BCUT2D eigenvalue weighted by atomic mass is 10.1. The first-order valence-corrected chi connectivity index (χ1v) is 7.19. The summed E-state index contributed by atoms with van der Waals surface area (Å²) >= 11 is 0. The van der Waals surface area contributed by atoms with Crippen LogP contribution in [0.5, 0.6) is 0 Å². The van der Waals surface area contributed by atoms with Crippen molar-refractivity contribution in [1.29, 1.82) is 0 Å². The fourth-order valence-electron chi connectivity index (χ4n) is 2.51. The lowest BCUT2D eigenvalue weighted by Gasteiger charge is -2.34. The second kappa shape index (κ2) is 6.23. The van der Waals surface area contributed by atoms with Crippen LogP contribution < -0.4 is 0 Å². The molecular formula is C15H17FN4O2. The van der Waals surface area contributed by atoms with Gasteiger partial charge in [0.15, 0.2) is 5.82 Å². The summed E-state index contributed by atoms with van der Waals surface area (Å²) in [7, 11) is 0. The predicted molar refractivity (Wildman–Crippen MR) is 76.6 cm³/mol. The SMILES string of the molecule is Cc1noc(CN2CCN(C(=O)c3ccccc3F)CC2)n1. The van der Waals surface area contributed by atoms with Crippen LogP contribution in [0.2, 0.25) is 0 Å². The van der Waals surface area contributed by atoms with Crippen molar-refractivity contribution in [3.8, 4) is 0 Å². The highest BCUT2D eigenvalue weighted by Gasteiger charge is 2.24. The molecule has 0 radical (unpaired) electrons. The zero-order valence-corrected chi connectivity index (χ0v) is 12.3. The minimum absolute atomic E-state index is 0.128. The largest absolute Gasteiger partial charge is 0.338 e. The third-order valence-electron chi connectivity index (χ3n) is 3.69. The van der Waals surface area contributed by atoms with Crippen molar-refractivity contribution in [2.75, 3.05) is 26.2 Å². The van der Waals surface area contributed by atoms with Crippen LogP contribution in [-0.4, -0.2) is 52.0 Å². The topological polar surface area (TPSA) is 62.5 Å². The molecule has 1 fully saturated rings. The van der Waals surface area contributed by atoms with Crippen LogP contribution in [0, 0.1) is 12.7 Å². The molecule has 1 aliphatic rings. The number of rotatable bonds is 3. The van der Waals surface area contributed by atoms with Gasteiger partial charge >= 0.3 is 0 Å². The van der Waals surface area contributed by atoms with Crippen LogP contribution >= 0.6 is 0 Å². The number of aryl methyl sites for hydroxylation is 1. The molecule has 0 N–H and O–H groups in total. The van der Waals surface area contributed by atoms with Crippen molar-refractivity contribution in [3.63, 3.8) is 0 Å². The monoisotopic (exact) mass is 304 g/mol. The van der Waals surface area contributed by atoms with E-state index in [0.717, 1.165) is 0 Å². The Morgan fingerprint density at radius 1 is 1.27 bits per heavy atom. The summed E-state index contributed by atoms with van der Waals surface area (Å²) in [5.41, 5.74) is 0.128. The predicted octanol–water partition coefficient (Wildman–Crippen LogP) is 1.48. The van der Waals surface area contributed by atoms with E-state index in [4.69, 9.17) is 4.52 Å². The van der Waals surface area contributed by atoms with E-state index in [-0.39, 0.29) is 11.5 Å². The zero-order valence-electron chi connectivity index (χ0n) is 12.3. The molecule has 1 aliphatic heterocycles. The number of hydrogen-bond acceptors (Lipinski definition) is 5. The number of aromatic nitrogens is 2. The Hall–Kier alpha value is -2.28. The van der Waals surface area contributed by atoms with E-state index in [1.54, 1.807) is 24.0 Å². The average Bonchev–Trinajstić information content (AvgIpc) is 2.93.